The van der Waals surface area contributed by atoms with Crippen LogP contribution in [0.25, 0.3) is 10.9 Å². The molecule has 5 nitrogen and oxygen atoms in total. The first kappa shape index (κ1) is 10.7. The molecule has 3 aromatic rings. The molecule has 0 unspecified atom stereocenters. The number of hydrogen-bond donors (Lipinski definition) is 1. The van der Waals surface area contributed by atoms with Crippen molar-refractivity contribution in [1.29, 1.82) is 0 Å². The first-order valence-electron chi connectivity index (χ1n) is 5.74. The van der Waals surface area contributed by atoms with Crippen molar-refractivity contribution >= 4 is 16.7 Å². The van der Waals surface area contributed by atoms with Crippen molar-refractivity contribution in [3.05, 3.63) is 48.8 Å². The van der Waals surface area contributed by atoms with Gasteiger partial charge in [0.05, 0.1) is 12.1 Å². The second-order valence-corrected chi connectivity index (χ2v) is 4.05. The van der Waals surface area contributed by atoms with Crippen LogP contribution in [0.2, 0.25) is 0 Å². The van der Waals surface area contributed by atoms with Crippen molar-refractivity contribution in [2.24, 2.45) is 7.05 Å². The van der Waals surface area contributed by atoms with Crippen LogP contribution in [0.3, 0.4) is 0 Å². The third-order valence-corrected chi connectivity index (χ3v) is 2.88. The first-order valence-corrected chi connectivity index (χ1v) is 5.74. The molecule has 0 radical (unpaired) electrons. The second-order valence-electron chi connectivity index (χ2n) is 4.05. The van der Waals surface area contributed by atoms with E-state index in [4.69, 9.17) is 0 Å². The molecule has 0 fully saturated rings. The van der Waals surface area contributed by atoms with Crippen molar-refractivity contribution in [2.45, 2.75) is 6.54 Å². The van der Waals surface area contributed by atoms with Gasteiger partial charge in [0.2, 0.25) is 0 Å². The summed E-state index contributed by atoms with van der Waals surface area (Å²) in [6.07, 6.45) is 5.29. The molecule has 0 amide bonds. The highest BCUT2D eigenvalue weighted by molar-refractivity contribution is 5.88. The van der Waals surface area contributed by atoms with E-state index in [9.17, 15) is 0 Å². The van der Waals surface area contributed by atoms with Gasteiger partial charge in [0.15, 0.2) is 0 Å². The fourth-order valence-electron chi connectivity index (χ4n) is 1.88. The average molecular weight is 239 g/mol. The Balaban J connectivity index is 1.89. The Morgan fingerprint density at radius 2 is 2.06 bits per heavy atom. The van der Waals surface area contributed by atoms with E-state index in [-0.39, 0.29) is 0 Å². The summed E-state index contributed by atoms with van der Waals surface area (Å²) in [5, 5.41) is 4.32. The highest BCUT2D eigenvalue weighted by Crippen LogP contribution is 2.18. The van der Waals surface area contributed by atoms with Gasteiger partial charge in [0.1, 0.15) is 18.0 Å². The van der Waals surface area contributed by atoms with Gasteiger partial charge in [0.25, 0.3) is 0 Å². The van der Waals surface area contributed by atoms with Gasteiger partial charge in [0, 0.05) is 24.8 Å². The van der Waals surface area contributed by atoms with Crippen molar-refractivity contribution < 1.29 is 0 Å². The largest absolute Gasteiger partial charge is 0.362 e. The normalized spacial score (nSPS) is 10.7. The molecule has 18 heavy (non-hydrogen) atoms. The summed E-state index contributed by atoms with van der Waals surface area (Å²) in [6.45, 7) is 0.643. The summed E-state index contributed by atoms with van der Waals surface area (Å²) in [5.41, 5.74) is 0.940. The van der Waals surface area contributed by atoms with Crippen LogP contribution in [-0.4, -0.2) is 19.5 Å². The smallest absolute Gasteiger partial charge is 0.137 e. The molecule has 2 heterocycles. The molecule has 0 bridgehead atoms. The molecule has 2 aromatic heterocycles. The summed E-state index contributed by atoms with van der Waals surface area (Å²) in [5.74, 6) is 1.81. The fraction of sp³-hybridized carbons (Fsp3) is 0.154. The second kappa shape index (κ2) is 4.44. The zero-order chi connectivity index (χ0) is 12.4. The van der Waals surface area contributed by atoms with Gasteiger partial charge in [-0.1, -0.05) is 12.1 Å². The Hall–Kier alpha value is -2.43. The molecule has 0 spiro atoms. The zero-order valence-electron chi connectivity index (χ0n) is 10.0. The van der Waals surface area contributed by atoms with Gasteiger partial charge in [-0.3, -0.25) is 0 Å². The highest BCUT2D eigenvalue weighted by atomic mass is 15.1. The number of fused-ring (bicyclic) bond motifs is 1. The molecule has 0 atom stereocenters. The van der Waals surface area contributed by atoms with Gasteiger partial charge < -0.3 is 9.88 Å². The van der Waals surface area contributed by atoms with Gasteiger partial charge in [-0.15, -0.1) is 0 Å². The maximum atomic E-state index is 4.28. The van der Waals surface area contributed by atoms with Crippen molar-refractivity contribution in [3.63, 3.8) is 0 Å². The zero-order valence-corrected chi connectivity index (χ0v) is 10.0. The number of para-hydroxylation sites is 1. The van der Waals surface area contributed by atoms with Gasteiger partial charge >= 0.3 is 0 Å². The minimum atomic E-state index is 0.643. The first-order chi connectivity index (χ1) is 8.84. The maximum Gasteiger partial charge on any atom is 0.137 e. The molecule has 0 saturated carbocycles. The minimum absolute atomic E-state index is 0.643. The lowest BCUT2D eigenvalue weighted by Gasteiger charge is -2.07. The average Bonchev–Trinajstić information content (AvgIpc) is 2.82. The number of nitrogens with one attached hydrogen (secondary N) is 1. The molecular weight excluding hydrogens is 226 g/mol. The van der Waals surface area contributed by atoms with E-state index in [1.54, 1.807) is 12.5 Å². The Morgan fingerprint density at radius 3 is 2.89 bits per heavy atom. The molecule has 5 heteroatoms. The number of hydrogen-bond acceptors (Lipinski definition) is 4. The fourth-order valence-corrected chi connectivity index (χ4v) is 1.88. The van der Waals surface area contributed by atoms with Crippen molar-refractivity contribution in [1.82, 2.24) is 19.5 Å². The minimum Gasteiger partial charge on any atom is -0.362 e. The van der Waals surface area contributed by atoms with Gasteiger partial charge in [-0.05, 0) is 12.1 Å². The number of imidazole rings is 1. The number of anilines is 1. The van der Waals surface area contributed by atoms with Gasteiger partial charge in [-0.2, -0.15) is 0 Å². The molecule has 3 rings (SSSR count). The van der Waals surface area contributed by atoms with E-state index in [1.807, 2.05) is 42.1 Å². The van der Waals surface area contributed by atoms with E-state index in [0.717, 1.165) is 22.5 Å². The molecule has 0 saturated heterocycles. The quantitative estimate of drug-likeness (QED) is 0.759. The highest BCUT2D eigenvalue weighted by Gasteiger charge is 2.04. The van der Waals surface area contributed by atoms with Crippen LogP contribution >= 0.6 is 0 Å². The van der Waals surface area contributed by atoms with Crippen LogP contribution in [0.4, 0.5) is 5.82 Å². The lowest BCUT2D eigenvalue weighted by atomic mass is 10.2. The third kappa shape index (κ3) is 1.90. The number of aryl methyl sites for hydroxylation is 1. The lowest BCUT2D eigenvalue weighted by molar-refractivity contribution is 0.811. The molecule has 0 aliphatic rings. The maximum absolute atomic E-state index is 4.28. The number of aromatic nitrogens is 4. The molecule has 90 valence electrons. The Labute approximate surface area is 105 Å². The molecule has 1 N–H and O–H groups in total. The van der Waals surface area contributed by atoms with Gasteiger partial charge in [-0.25, -0.2) is 15.0 Å². The Morgan fingerprint density at radius 1 is 1.17 bits per heavy atom. The van der Waals surface area contributed by atoms with E-state index in [2.05, 4.69) is 20.3 Å². The molecule has 0 aliphatic carbocycles. The van der Waals surface area contributed by atoms with Crippen LogP contribution < -0.4 is 5.32 Å². The van der Waals surface area contributed by atoms with E-state index in [1.165, 1.54) is 0 Å². The molecule has 1 aromatic carbocycles. The Kier molecular flexibility index (Phi) is 2.64. The summed E-state index contributed by atoms with van der Waals surface area (Å²) in [7, 11) is 1.97. The van der Waals surface area contributed by atoms with Crippen LogP contribution in [-0.2, 0) is 13.6 Å². The third-order valence-electron chi connectivity index (χ3n) is 2.88. The predicted molar refractivity (Wildman–Crippen MR) is 70.1 cm³/mol. The van der Waals surface area contributed by atoms with Crippen LogP contribution in [0, 0.1) is 0 Å². The van der Waals surface area contributed by atoms with Crippen LogP contribution in [0.15, 0.2) is 43.0 Å². The van der Waals surface area contributed by atoms with Crippen molar-refractivity contribution in [3.8, 4) is 0 Å². The number of nitrogens with zero attached hydrogens (tertiary/aromatic N) is 4. The summed E-state index contributed by atoms with van der Waals surface area (Å²) in [4.78, 5) is 12.8. The van der Waals surface area contributed by atoms with Crippen LogP contribution in [0.5, 0.6) is 0 Å². The topological polar surface area (TPSA) is 55.6 Å². The monoisotopic (exact) mass is 239 g/mol. The van der Waals surface area contributed by atoms with E-state index in [0.29, 0.717) is 6.54 Å². The standard InChI is InChI=1S/C13H13N5/c1-18-7-6-14-12(18)8-15-13-10-4-2-3-5-11(10)16-9-17-13/h2-7,9H,8H2,1H3,(H,15,16,17). The van der Waals surface area contributed by atoms with Crippen molar-refractivity contribution in [2.75, 3.05) is 5.32 Å². The summed E-state index contributed by atoms with van der Waals surface area (Å²) in [6, 6.07) is 7.94. The number of benzene rings is 1. The van der Waals surface area contributed by atoms with E-state index >= 15 is 0 Å². The summed E-state index contributed by atoms with van der Waals surface area (Å²) >= 11 is 0. The van der Waals surface area contributed by atoms with E-state index < -0.39 is 0 Å². The molecular formula is C13H13N5. The number of rotatable bonds is 3. The predicted octanol–water partition coefficient (Wildman–Crippen LogP) is 1.98. The molecule has 0 aliphatic heterocycles. The van der Waals surface area contributed by atoms with Crippen LogP contribution in [0.1, 0.15) is 5.82 Å². The lowest BCUT2D eigenvalue weighted by Crippen LogP contribution is -2.07. The Bertz CT molecular complexity index is 668. The SMILES string of the molecule is Cn1ccnc1CNc1ncnc2ccccc12. The summed E-state index contributed by atoms with van der Waals surface area (Å²) < 4.78 is 1.98.